The molecule has 1 aromatic carbocycles. The second-order valence-electron chi connectivity index (χ2n) is 7.01. The topological polar surface area (TPSA) is 78.6 Å². The number of hydrogen-bond donors (Lipinski definition) is 0. The average Bonchev–Trinajstić information content (AvgIpc) is 3.07. The highest BCUT2D eigenvalue weighted by Gasteiger charge is 2.29. The molecule has 1 aliphatic heterocycles. The van der Waals surface area contributed by atoms with Gasteiger partial charge in [0.1, 0.15) is 11.6 Å². The van der Waals surface area contributed by atoms with E-state index in [1.165, 1.54) is 11.8 Å². The molecule has 0 aliphatic carbocycles. The summed E-state index contributed by atoms with van der Waals surface area (Å²) in [4.78, 5) is 27.3. The first-order valence-corrected chi connectivity index (χ1v) is 10.2. The fraction of sp³-hybridized carbons (Fsp3) is 0.550. The highest BCUT2D eigenvalue weighted by Crippen LogP contribution is 2.29. The lowest BCUT2D eigenvalue weighted by Crippen LogP contribution is -2.38. The molecule has 1 aromatic heterocycles. The van der Waals surface area contributed by atoms with Crippen molar-refractivity contribution in [1.82, 2.24) is 19.2 Å². The van der Waals surface area contributed by atoms with E-state index in [9.17, 15) is 9.59 Å². The molecule has 9 heteroatoms. The summed E-state index contributed by atoms with van der Waals surface area (Å²) in [6, 6.07) is 5.04. The summed E-state index contributed by atoms with van der Waals surface area (Å²) in [5.74, 6) is 1.34. The number of benzene rings is 1. The van der Waals surface area contributed by atoms with E-state index in [1.54, 1.807) is 34.8 Å². The van der Waals surface area contributed by atoms with Gasteiger partial charge in [0.05, 0.1) is 25.8 Å². The van der Waals surface area contributed by atoms with Gasteiger partial charge in [0.25, 0.3) is 5.91 Å². The summed E-state index contributed by atoms with van der Waals surface area (Å²) in [5.41, 5.74) is 0.356. The van der Waals surface area contributed by atoms with Crippen LogP contribution in [0.5, 0.6) is 5.75 Å². The first kappa shape index (κ1) is 21.4. The van der Waals surface area contributed by atoms with Gasteiger partial charge in [0, 0.05) is 37.7 Å². The van der Waals surface area contributed by atoms with Gasteiger partial charge in [-0.25, -0.2) is 9.48 Å². The Kier molecular flexibility index (Phi) is 6.97. The Balaban J connectivity index is 1.73. The van der Waals surface area contributed by atoms with E-state index in [4.69, 9.17) is 21.1 Å². The van der Waals surface area contributed by atoms with Crippen molar-refractivity contribution >= 4 is 17.5 Å². The van der Waals surface area contributed by atoms with E-state index in [0.717, 1.165) is 18.7 Å². The number of carbonyl (C=O) groups excluding carboxylic acids is 1. The molecule has 0 spiro atoms. The predicted molar refractivity (Wildman–Crippen MR) is 110 cm³/mol. The lowest BCUT2D eigenvalue weighted by Gasteiger charge is -2.32. The van der Waals surface area contributed by atoms with Gasteiger partial charge in [-0.15, -0.1) is 0 Å². The van der Waals surface area contributed by atoms with Crippen LogP contribution in [0, 0.1) is 0 Å². The molecule has 2 heterocycles. The van der Waals surface area contributed by atoms with E-state index in [0.29, 0.717) is 49.1 Å². The number of rotatable bonds is 7. The van der Waals surface area contributed by atoms with Gasteiger partial charge in [-0.1, -0.05) is 11.6 Å². The maximum Gasteiger partial charge on any atom is 0.345 e. The van der Waals surface area contributed by atoms with E-state index >= 15 is 0 Å². The zero-order chi connectivity index (χ0) is 21.0. The molecule has 1 amide bonds. The second kappa shape index (κ2) is 9.45. The van der Waals surface area contributed by atoms with Crippen molar-refractivity contribution in [2.45, 2.75) is 38.8 Å². The quantitative estimate of drug-likeness (QED) is 0.684. The monoisotopic (exact) mass is 422 g/mol. The highest BCUT2D eigenvalue weighted by atomic mass is 35.5. The van der Waals surface area contributed by atoms with Crippen LogP contribution in [0.25, 0.3) is 0 Å². The Morgan fingerprint density at radius 1 is 1.28 bits per heavy atom. The van der Waals surface area contributed by atoms with Crippen molar-refractivity contribution in [3.8, 4) is 5.75 Å². The highest BCUT2D eigenvalue weighted by molar-refractivity contribution is 6.31. The minimum Gasteiger partial charge on any atom is -0.496 e. The number of methoxy groups -OCH3 is 2. The van der Waals surface area contributed by atoms with Crippen LogP contribution in [0.3, 0.4) is 0 Å². The number of piperidine rings is 1. The largest absolute Gasteiger partial charge is 0.496 e. The second-order valence-corrected chi connectivity index (χ2v) is 7.45. The van der Waals surface area contributed by atoms with Crippen LogP contribution < -0.4 is 10.4 Å². The molecule has 2 aromatic rings. The van der Waals surface area contributed by atoms with Gasteiger partial charge in [-0.2, -0.15) is 5.10 Å². The molecule has 0 N–H and O–H groups in total. The smallest absolute Gasteiger partial charge is 0.345 e. The molecule has 8 nitrogen and oxygen atoms in total. The van der Waals surface area contributed by atoms with Crippen LogP contribution in [-0.2, 0) is 17.8 Å². The SMILES string of the molecule is CCn1c(C2CCN(C(=O)c3cc(Cl)ccc3OC)CC2)nn(CCOC)c1=O. The Bertz CT molecular complexity index is 916. The van der Waals surface area contributed by atoms with Crippen LogP contribution >= 0.6 is 11.6 Å². The summed E-state index contributed by atoms with van der Waals surface area (Å²) in [7, 11) is 3.14. The van der Waals surface area contributed by atoms with Crippen LogP contribution in [0.1, 0.15) is 41.9 Å². The first-order chi connectivity index (χ1) is 14.0. The number of halogens is 1. The lowest BCUT2D eigenvalue weighted by molar-refractivity contribution is 0.0706. The number of carbonyl (C=O) groups is 1. The van der Waals surface area contributed by atoms with E-state index < -0.39 is 0 Å². The number of amides is 1. The van der Waals surface area contributed by atoms with Crippen molar-refractivity contribution in [2.24, 2.45) is 0 Å². The maximum absolute atomic E-state index is 13.0. The van der Waals surface area contributed by atoms with E-state index in [1.807, 2.05) is 6.92 Å². The number of ether oxygens (including phenoxy) is 2. The van der Waals surface area contributed by atoms with Gasteiger partial charge in [-0.05, 0) is 38.0 Å². The Morgan fingerprint density at radius 2 is 2.00 bits per heavy atom. The third-order valence-electron chi connectivity index (χ3n) is 5.31. The number of nitrogens with zero attached hydrogens (tertiary/aromatic N) is 4. The van der Waals surface area contributed by atoms with Crippen molar-refractivity contribution in [3.63, 3.8) is 0 Å². The fourth-order valence-corrected chi connectivity index (χ4v) is 3.91. The minimum atomic E-state index is -0.110. The van der Waals surface area contributed by atoms with Gasteiger partial charge in [0.15, 0.2) is 0 Å². The Hall–Kier alpha value is -2.32. The summed E-state index contributed by atoms with van der Waals surface area (Å²) in [5, 5.41) is 5.05. The normalized spacial score (nSPS) is 15.0. The molecule has 0 unspecified atom stereocenters. The number of likely N-dealkylation sites (tertiary alicyclic amines) is 1. The molecule has 1 saturated heterocycles. The van der Waals surface area contributed by atoms with Gasteiger partial charge < -0.3 is 14.4 Å². The molecule has 1 aliphatic rings. The van der Waals surface area contributed by atoms with E-state index in [2.05, 4.69) is 5.10 Å². The molecular weight excluding hydrogens is 396 g/mol. The molecule has 0 saturated carbocycles. The zero-order valence-electron chi connectivity index (χ0n) is 17.1. The average molecular weight is 423 g/mol. The molecule has 3 rings (SSSR count). The maximum atomic E-state index is 13.0. The predicted octanol–water partition coefficient (Wildman–Crippen LogP) is 2.39. The molecule has 0 atom stereocenters. The standard InChI is InChI=1S/C20H27ClN4O4/c1-4-24-18(22-25(20(24)27)11-12-28-2)14-7-9-23(10-8-14)19(26)16-13-15(21)5-6-17(16)29-3/h5-6,13-14H,4,7-12H2,1-3H3. The van der Waals surface area contributed by atoms with Gasteiger partial charge in [-0.3, -0.25) is 9.36 Å². The third-order valence-corrected chi connectivity index (χ3v) is 5.55. The van der Waals surface area contributed by atoms with Gasteiger partial charge >= 0.3 is 5.69 Å². The molecule has 29 heavy (non-hydrogen) atoms. The number of aromatic nitrogens is 3. The van der Waals surface area contributed by atoms with Crippen LogP contribution in [0.2, 0.25) is 5.02 Å². The molecule has 1 fully saturated rings. The summed E-state index contributed by atoms with van der Waals surface area (Å²) < 4.78 is 13.6. The fourth-order valence-electron chi connectivity index (χ4n) is 3.74. The molecule has 158 valence electrons. The third kappa shape index (κ3) is 4.48. The van der Waals surface area contributed by atoms with Crippen LogP contribution in [0.4, 0.5) is 0 Å². The molecule has 0 bridgehead atoms. The summed E-state index contributed by atoms with van der Waals surface area (Å²) >= 11 is 6.07. The van der Waals surface area contributed by atoms with Crippen molar-refractivity contribution in [1.29, 1.82) is 0 Å². The van der Waals surface area contributed by atoms with Crippen LogP contribution in [-0.4, -0.2) is 59.1 Å². The van der Waals surface area contributed by atoms with E-state index in [-0.39, 0.29) is 17.5 Å². The zero-order valence-corrected chi connectivity index (χ0v) is 17.8. The number of hydrogen-bond acceptors (Lipinski definition) is 5. The summed E-state index contributed by atoms with van der Waals surface area (Å²) in [6.45, 7) is 4.55. The first-order valence-electron chi connectivity index (χ1n) is 9.79. The van der Waals surface area contributed by atoms with Crippen molar-refractivity contribution < 1.29 is 14.3 Å². The Morgan fingerprint density at radius 3 is 2.62 bits per heavy atom. The van der Waals surface area contributed by atoms with Crippen molar-refractivity contribution in [3.05, 3.63) is 45.1 Å². The lowest BCUT2D eigenvalue weighted by atomic mass is 9.95. The Labute approximate surface area is 175 Å². The minimum absolute atomic E-state index is 0.0960. The van der Waals surface area contributed by atoms with Gasteiger partial charge in [0.2, 0.25) is 0 Å². The molecular formula is C20H27ClN4O4. The summed E-state index contributed by atoms with van der Waals surface area (Å²) in [6.07, 6.45) is 1.49. The van der Waals surface area contributed by atoms with Crippen molar-refractivity contribution in [2.75, 3.05) is 33.9 Å². The molecule has 0 radical (unpaired) electrons. The van der Waals surface area contributed by atoms with Crippen LogP contribution in [0.15, 0.2) is 23.0 Å².